The second kappa shape index (κ2) is 8.15. The van der Waals surface area contributed by atoms with Gasteiger partial charge in [0, 0.05) is 5.56 Å². The first kappa shape index (κ1) is 17.5. The summed E-state index contributed by atoms with van der Waals surface area (Å²) >= 11 is 0. The Kier molecular flexibility index (Phi) is 5.95. The van der Waals surface area contributed by atoms with Gasteiger partial charge in [0.05, 0.1) is 13.5 Å². The molecule has 0 unspecified atom stereocenters. The van der Waals surface area contributed by atoms with Gasteiger partial charge in [0.25, 0.3) is 5.90 Å². The number of carbonyl (C=O) groups is 1. The molecular weight excluding hydrogens is 306 g/mol. The van der Waals surface area contributed by atoms with Crippen molar-refractivity contribution in [2.75, 3.05) is 14.2 Å². The number of hydrogen-bond donors (Lipinski definition) is 0. The Labute approximate surface area is 141 Å². The van der Waals surface area contributed by atoms with Gasteiger partial charge in [-0.15, -0.1) is 0 Å². The number of oxime groups is 1. The van der Waals surface area contributed by atoms with E-state index in [1.165, 1.54) is 14.2 Å². The Morgan fingerprint density at radius 2 is 1.71 bits per heavy atom. The van der Waals surface area contributed by atoms with Gasteiger partial charge in [-0.05, 0) is 53.9 Å². The van der Waals surface area contributed by atoms with Crippen LogP contribution in [0.1, 0.15) is 22.3 Å². The summed E-state index contributed by atoms with van der Waals surface area (Å²) in [5.74, 6) is 0.629. The lowest BCUT2D eigenvalue weighted by Gasteiger charge is -2.13. The minimum atomic E-state index is -0.328. The second-order valence-electron chi connectivity index (χ2n) is 5.41. The quantitative estimate of drug-likeness (QED) is 0.365. The highest BCUT2D eigenvalue weighted by Crippen LogP contribution is 2.20. The van der Waals surface area contributed by atoms with Crippen LogP contribution in [0.3, 0.4) is 0 Å². The monoisotopic (exact) mass is 327 g/mol. The smallest absolute Gasteiger partial charge is 0.310 e. The fourth-order valence-corrected chi connectivity index (χ4v) is 2.42. The van der Waals surface area contributed by atoms with E-state index in [0.29, 0.717) is 17.2 Å². The van der Waals surface area contributed by atoms with E-state index in [-0.39, 0.29) is 12.4 Å². The third-order valence-corrected chi connectivity index (χ3v) is 3.39. The van der Waals surface area contributed by atoms with E-state index in [2.05, 4.69) is 11.2 Å². The van der Waals surface area contributed by atoms with Crippen molar-refractivity contribution in [1.82, 2.24) is 0 Å². The summed E-state index contributed by atoms with van der Waals surface area (Å²) in [7, 11) is 2.81. The molecule has 2 rings (SSSR count). The zero-order valence-corrected chi connectivity index (χ0v) is 14.3. The molecule has 0 aliphatic carbocycles. The van der Waals surface area contributed by atoms with Crippen LogP contribution in [-0.2, 0) is 20.8 Å². The Morgan fingerprint density at radius 3 is 2.33 bits per heavy atom. The number of esters is 1. The highest BCUT2D eigenvalue weighted by atomic mass is 16.6. The van der Waals surface area contributed by atoms with Crippen LogP contribution in [0.4, 0.5) is 0 Å². The summed E-state index contributed by atoms with van der Waals surface area (Å²) in [6, 6.07) is 13.3. The Morgan fingerprint density at radius 1 is 1.04 bits per heavy atom. The molecule has 0 spiro atoms. The molecule has 0 atom stereocenters. The van der Waals surface area contributed by atoms with Gasteiger partial charge in [-0.3, -0.25) is 4.79 Å². The highest BCUT2D eigenvalue weighted by molar-refractivity contribution is 5.97. The third-order valence-electron chi connectivity index (χ3n) is 3.39. The largest absolute Gasteiger partial charge is 0.469 e. The van der Waals surface area contributed by atoms with E-state index in [1.807, 2.05) is 50.2 Å². The molecule has 0 bridgehead atoms. The fourth-order valence-electron chi connectivity index (χ4n) is 2.42. The molecule has 2 aromatic carbocycles. The predicted molar refractivity (Wildman–Crippen MR) is 92.3 cm³/mol. The van der Waals surface area contributed by atoms with Crippen LogP contribution >= 0.6 is 0 Å². The van der Waals surface area contributed by atoms with Crippen LogP contribution in [-0.4, -0.2) is 26.1 Å². The molecule has 0 aliphatic rings. The van der Waals surface area contributed by atoms with E-state index >= 15 is 0 Å². The van der Waals surface area contributed by atoms with E-state index in [4.69, 9.17) is 14.3 Å². The molecule has 5 heteroatoms. The molecule has 0 aliphatic heterocycles. The minimum Gasteiger partial charge on any atom is -0.469 e. The molecule has 0 amide bonds. The lowest BCUT2D eigenvalue weighted by molar-refractivity contribution is -0.139. The second-order valence-corrected chi connectivity index (χ2v) is 5.41. The summed E-state index contributed by atoms with van der Waals surface area (Å²) in [5.41, 5.74) is 3.61. The Balaban J connectivity index is 2.38. The number of nitrogens with zero attached hydrogens (tertiary/aromatic N) is 1. The summed E-state index contributed by atoms with van der Waals surface area (Å²) < 4.78 is 10.7. The molecule has 0 saturated heterocycles. The Bertz CT molecular complexity index is 733. The van der Waals surface area contributed by atoms with E-state index in [1.54, 1.807) is 0 Å². The van der Waals surface area contributed by atoms with Gasteiger partial charge in [-0.1, -0.05) is 24.3 Å². The lowest BCUT2D eigenvalue weighted by Crippen LogP contribution is -2.16. The van der Waals surface area contributed by atoms with Crippen molar-refractivity contribution in [3.63, 3.8) is 0 Å². The normalized spacial score (nSPS) is 11.1. The average molecular weight is 327 g/mol. The van der Waals surface area contributed by atoms with Crippen LogP contribution in [0, 0.1) is 13.8 Å². The van der Waals surface area contributed by atoms with Gasteiger partial charge in [0.15, 0.2) is 0 Å². The topological polar surface area (TPSA) is 57.1 Å². The van der Waals surface area contributed by atoms with E-state index in [9.17, 15) is 4.79 Å². The molecule has 0 N–H and O–H groups in total. The number of benzene rings is 2. The maximum absolute atomic E-state index is 11.6. The molecule has 0 saturated carbocycles. The van der Waals surface area contributed by atoms with Gasteiger partial charge in [0.1, 0.15) is 12.9 Å². The molecule has 24 heavy (non-hydrogen) atoms. The minimum absolute atomic E-state index is 0.131. The predicted octanol–water partition coefficient (Wildman–Crippen LogP) is 3.41. The van der Waals surface area contributed by atoms with Gasteiger partial charge < -0.3 is 14.3 Å². The first-order chi connectivity index (χ1) is 11.5. The highest BCUT2D eigenvalue weighted by Gasteiger charge is 2.15. The summed E-state index contributed by atoms with van der Waals surface area (Å²) in [5, 5.41) is 3.99. The van der Waals surface area contributed by atoms with Gasteiger partial charge in [-0.2, -0.15) is 0 Å². The van der Waals surface area contributed by atoms with E-state index in [0.717, 1.165) is 16.7 Å². The molecule has 5 nitrogen and oxygen atoms in total. The SMILES string of the molecule is CO/N=C(/Oc1cc(C)cc(C)c1)c1ccccc1CC(=O)OC. The van der Waals surface area contributed by atoms with Crippen molar-refractivity contribution < 1.29 is 19.1 Å². The first-order valence-corrected chi connectivity index (χ1v) is 7.56. The van der Waals surface area contributed by atoms with Crippen molar-refractivity contribution >= 4 is 11.9 Å². The van der Waals surface area contributed by atoms with Crippen molar-refractivity contribution in [3.05, 3.63) is 64.7 Å². The summed E-state index contributed by atoms with van der Waals surface area (Å²) in [6.45, 7) is 4.00. The van der Waals surface area contributed by atoms with Crippen molar-refractivity contribution in [3.8, 4) is 5.75 Å². The zero-order valence-electron chi connectivity index (χ0n) is 14.3. The standard InChI is InChI=1S/C19H21NO4/c1-13-9-14(2)11-16(10-13)24-19(20-23-4)17-8-6-5-7-15(17)12-18(21)22-3/h5-11H,12H2,1-4H3/b20-19+. The number of rotatable bonds is 5. The van der Waals surface area contributed by atoms with Crippen molar-refractivity contribution in [2.24, 2.45) is 5.16 Å². The number of hydrogen-bond acceptors (Lipinski definition) is 5. The van der Waals surface area contributed by atoms with E-state index < -0.39 is 0 Å². The average Bonchev–Trinajstić information content (AvgIpc) is 2.54. The van der Waals surface area contributed by atoms with Crippen molar-refractivity contribution in [1.29, 1.82) is 0 Å². The van der Waals surface area contributed by atoms with Crippen molar-refractivity contribution in [2.45, 2.75) is 20.3 Å². The number of aryl methyl sites for hydroxylation is 2. The maximum Gasteiger partial charge on any atom is 0.310 e. The number of carbonyl (C=O) groups excluding carboxylic acids is 1. The fraction of sp³-hybridized carbons (Fsp3) is 0.263. The Hall–Kier alpha value is -2.82. The molecular formula is C19H21NO4. The van der Waals surface area contributed by atoms with Crippen LogP contribution in [0.5, 0.6) is 5.75 Å². The molecule has 0 aromatic heterocycles. The number of methoxy groups -OCH3 is 1. The number of ether oxygens (including phenoxy) is 2. The van der Waals surface area contributed by atoms with Gasteiger partial charge in [0.2, 0.25) is 0 Å². The third kappa shape index (κ3) is 4.59. The van der Waals surface area contributed by atoms with Crippen LogP contribution in [0.2, 0.25) is 0 Å². The lowest BCUT2D eigenvalue weighted by atomic mass is 10.0. The van der Waals surface area contributed by atoms with Crippen LogP contribution < -0.4 is 4.74 Å². The van der Waals surface area contributed by atoms with Gasteiger partial charge >= 0.3 is 5.97 Å². The molecule has 0 heterocycles. The molecule has 0 fully saturated rings. The van der Waals surface area contributed by atoms with Crippen LogP contribution in [0.15, 0.2) is 47.6 Å². The maximum atomic E-state index is 11.6. The van der Waals surface area contributed by atoms with Crippen LogP contribution in [0.25, 0.3) is 0 Å². The van der Waals surface area contributed by atoms with Gasteiger partial charge in [-0.25, -0.2) is 0 Å². The summed E-state index contributed by atoms with van der Waals surface area (Å²) in [4.78, 5) is 16.6. The zero-order chi connectivity index (χ0) is 17.5. The molecule has 126 valence electrons. The summed E-state index contributed by atoms with van der Waals surface area (Å²) in [6.07, 6.45) is 0.131. The first-order valence-electron chi connectivity index (χ1n) is 7.56. The molecule has 0 radical (unpaired) electrons. The molecule has 2 aromatic rings.